The minimum absolute atomic E-state index is 0.0586. The molecular weight excluding hydrogens is 312 g/mol. The molecular formula is C21H29N2O2+. The van der Waals surface area contributed by atoms with Crippen LogP contribution in [0.2, 0.25) is 0 Å². The van der Waals surface area contributed by atoms with Gasteiger partial charge in [-0.1, -0.05) is 32.0 Å². The van der Waals surface area contributed by atoms with E-state index in [0.717, 1.165) is 28.6 Å². The number of hydrogen-bond acceptors (Lipinski definition) is 2. The number of carbonyl (C=O) groups excluding carboxylic acids is 1. The second-order valence-electron chi connectivity index (χ2n) is 7.57. The Kier molecular flexibility index (Phi) is 6.21. The fraction of sp³-hybridized carbons (Fsp3) is 0.381. The zero-order chi connectivity index (χ0) is 18.4. The number of nitrogens with one attached hydrogen (secondary N) is 2. The first-order chi connectivity index (χ1) is 11.8. The zero-order valence-electron chi connectivity index (χ0n) is 15.8. The fourth-order valence-electron chi connectivity index (χ4n) is 3.05. The van der Waals surface area contributed by atoms with E-state index in [9.17, 15) is 4.79 Å². The first kappa shape index (κ1) is 19.0. The minimum Gasteiger partial charge on any atom is -0.497 e. The maximum Gasteiger partial charge on any atom is 0.244 e. The third-order valence-corrected chi connectivity index (χ3v) is 4.07. The summed E-state index contributed by atoms with van der Waals surface area (Å²) in [6, 6.07) is 12.1. The Morgan fingerprint density at radius 3 is 2.52 bits per heavy atom. The van der Waals surface area contributed by atoms with Crippen LogP contribution in [0.15, 0.2) is 42.5 Å². The van der Waals surface area contributed by atoms with Crippen LogP contribution in [0.3, 0.4) is 0 Å². The second-order valence-corrected chi connectivity index (χ2v) is 7.57. The molecule has 0 heterocycles. The molecule has 0 aliphatic heterocycles. The number of amides is 1. The van der Waals surface area contributed by atoms with Crippen molar-refractivity contribution >= 4 is 22.8 Å². The maximum absolute atomic E-state index is 12.1. The maximum atomic E-state index is 12.1. The Balaban J connectivity index is 1.98. The molecule has 0 fully saturated rings. The van der Waals surface area contributed by atoms with Gasteiger partial charge in [0.1, 0.15) is 5.75 Å². The van der Waals surface area contributed by atoms with Gasteiger partial charge >= 0.3 is 0 Å². The van der Waals surface area contributed by atoms with Crippen molar-refractivity contribution in [1.82, 2.24) is 5.32 Å². The van der Waals surface area contributed by atoms with E-state index < -0.39 is 0 Å². The van der Waals surface area contributed by atoms with E-state index in [1.807, 2.05) is 36.4 Å². The summed E-state index contributed by atoms with van der Waals surface area (Å²) in [5, 5.41) is 5.24. The average Bonchev–Trinajstić information content (AvgIpc) is 2.56. The summed E-state index contributed by atoms with van der Waals surface area (Å²) in [6.07, 6.45) is 3.45. The number of rotatable bonds is 7. The number of benzene rings is 2. The van der Waals surface area contributed by atoms with Crippen LogP contribution in [-0.4, -0.2) is 40.2 Å². The van der Waals surface area contributed by atoms with E-state index in [2.05, 4.69) is 39.3 Å². The summed E-state index contributed by atoms with van der Waals surface area (Å²) in [5.74, 6) is 0.786. The predicted octanol–water partition coefficient (Wildman–Crippen LogP) is 2.15. The molecule has 2 N–H and O–H groups in total. The highest BCUT2D eigenvalue weighted by molar-refractivity contribution is 5.93. The van der Waals surface area contributed by atoms with Crippen molar-refractivity contribution in [2.75, 3.05) is 34.3 Å². The third kappa shape index (κ3) is 5.91. The van der Waals surface area contributed by atoms with Gasteiger partial charge < -0.3 is 15.0 Å². The molecule has 0 bridgehead atoms. The highest BCUT2D eigenvalue weighted by Gasteiger charge is 2.21. The normalized spacial score (nSPS) is 12.1. The number of hydrogen-bond donors (Lipinski definition) is 2. The van der Waals surface area contributed by atoms with Crippen LogP contribution < -0.4 is 15.0 Å². The Morgan fingerprint density at radius 1 is 1.16 bits per heavy atom. The molecule has 0 saturated carbocycles. The van der Waals surface area contributed by atoms with Gasteiger partial charge in [0.05, 0.1) is 27.7 Å². The van der Waals surface area contributed by atoms with E-state index in [4.69, 9.17) is 4.74 Å². The molecule has 0 spiro atoms. The number of methoxy groups -OCH3 is 1. The molecule has 0 saturated heterocycles. The van der Waals surface area contributed by atoms with Crippen molar-refractivity contribution in [1.29, 1.82) is 0 Å². The van der Waals surface area contributed by atoms with Gasteiger partial charge in [-0.2, -0.15) is 0 Å². The summed E-state index contributed by atoms with van der Waals surface area (Å²) in [6.45, 7) is 6.01. The molecule has 2 aromatic carbocycles. The van der Waals surface area contributed by atoms with Crippen LogP contribution in [0, 0.1) is 5.41 Å². The number of ether oxygens (including phenoxy) is 1. The van der Waals surface area contributed by atoms with Crippen LogP contribution in [0.5, 0.6) is 5.75 Å². The van der Waals surface area contributed by atoms with Crippen molar-refractivity contribution in [2.45, 2.75) is 13.8 Å². The van der Waals surface area contributed by atoms with E-state index >= 15 is 0 Å². The highest BCUT2D eigenvalue weighted by Crippen LogP contribution is 2.22. The molecule has 25 heavy (non-hydrogen) atoms. The topological polar surface area (TPSA) is 42.8 Å². The first-order valence-corrected chi connectivity index (χ1v) is 8.62. The van der Waals surface area contributed by atoms with Crippen LogP contribution in [-0.2, 0) is 4.79 Å². The summed E-state index contributed by atoms with van der Waals surface area (Å²) in [5.41, 5.74) is 1.08. The molecule has 0 aliphatic carbocycles. The molecule has 0 radical (unpaired) electrons. The van der Waals surface area contributed by atoms with Crippen LogP contribution in [0.1, 0.15) is 19.4 Å². The van der Waals surface area contributed by atoms with Gasteiger partial charge in [-0.25, -0.2) is 0 Å². The quantitative estimate of drug-likeness (QED) is 0.758. The lowest BCUT2D eigenvalue weighted by atomic mass is 9.93. The van der Waals surface area contributed by atoms with Crippen molar-refractivity contribution < 1.29 is 14.4 Å². The Labute approximate surface area is 150 Å². The lowest BCUT2D eigenvalue weighted by Gasteiger charge is -2.25. The van der Waals surface area contributed by atoms with Gasteiger partial charge in [0.25, 0.3) is 0 Å². The van der Waals surface area contributed by atoms with Crippen molar-refractivity contribution in [3.05, 3.63) is 48.0 Å². The SMILES string of the molecule is COc1ccc2cc(/C=C/C(=O)NCC(C)(C)C[NH+](C)C)ccc2c1. The fourth-order valence-corrected chi connectivity index (χ4v) is 3.05. The summed E-state index contributed by atoms with van der Waals surface area (Å²) in [7, 11) is 5.91. The lowest BCUT2D eigenvalue weighted by Crippen LogP contribution is -3.07. The second kappa shape index (κ2) is 8.17. The molecule has 4 heteroatoms. The summed E-state index contributed by atoms with van der Waals surface area (Å²) >= 11 is 0. The van der Waals surface area contributed by atoms with E-state index in [1.54, 1.807) is 13.2 Å². The van der Waals surface area contributed by atoms with Crippen LogP contribution in [0.4, 0.5) is 0 Å². The number of quaternary nitrogens is 1. The molecule has 0 aromatic heterocycles. The number of fused-ring (bicyclic) bond motifs is 1. The van der Waals surface area contributed by atoms with Crippen molar-refractivity contribution in [3.63, 3.8) is 0 Å². The smallest absolute Gasteiger partial charge is 0.244 e. The van der Waals surface area contributed by atoms with Gasteiger partial charge in [-0.15, -0.1) is 0 Å². The van der Waals surface area contributed by atoms with Gasteiger partial charge in [0.15, 0.2) is 0 Å². The predicted molar refractivity (Wildman–Crippen MR) is 104 cm³/mol. The molecule has 0 atom stereocenters. The molecule has 0 unspecified atom stereocenters. The third-order valence-electron chi connectivity index (χ3n) is 4.07. The largest absolute Gasteiger partial charge is 0.497 e. The monoisotopic (exact) mass is 341 g/mol. The average molecular weight is 341 g/mol. The summed E-state index contributed by atoms with van der Waals surface area (Å²) < 4.78 is 5.24. The van der Waals surface area contributed by atoms with Crippen LogP contribution >= 0.6 is 0 Å². The molecule has 134 valence electrons. The van der Waals surface area contributed by atoms with Gasteiger partial charge in [0.2, 0.25) is 5.91 Å². The van der Waals surface area contributed by atoms with E-state index in [1.165, 1.54) is 4.90 Å². The van der Waals surface area contributed by atoms with Gasteiger partial charge in [-0.05, 0) is 40.6 Å². The first-order valence-electron chi connectivity index (χ1n) is 8.62. The van der Waals surface area contributed by atoms with Crippen LogP contribution in [0.25, 0.3) is 16.8 Å². The molecule has 2 rings (SSSR count). The Morgan fingerprint density at radius 2 is 1.84 bits per heavy atom. The Hall–Kier alpha value is -2.33. The molecule has 4 nitrogen and oxygen atoms in total. The molecule has 0 aliphatic rings. The Bertz CT molecular complexity index is 764. The van der Waals surface area contributed by atoms with Crippen molar-refractivity contribution in [3.8, 4) is 5.75 Å². The minimum atomic E-state index is -0.0586. The lowest BCUT2D eigenvalue weighted by molar-refractivity contribution is -0.865. The molecule has 2 aromatic rings. The number of carbonyl (C=O) groups is 1. The van der Waals surface area contributed by atoms with E-state index in [0.29, 0.717) is 6.54 Å². The van der Waals surface area contributed by atoms with E-state index in [-0.39, 0.29) is 11.3 Å². The zero-order valence-corrected chi connectivity index (χ0v) is 15.8. The van der Waals surface area contributed by atoms with Gasteiger partial charge in [-0.3, -0.25) is 4.79 Å². The van der Waals surface area contributed by atoms with Crippen molar-refractivity contribution in [2.24, 2.45) is 5.41 Å². The van der Waals surface area contributed by atoms with Gasteiger partial charge in [0, 0.05) is 18.0 Å². The molecule has 1 amide bonds. The highest BCUT2D eigenvalue weighted by atomic mass is 16.5. The summed E-state index contributed by atoms with van der Waals surface area (Å²) in [4.78, 5) is 13.5. The standard InChI is InChI=1S/C21H28N2O2/c1-21(2,15-23(3)4)14-22-20(24)11-7-16-6-8-18-13-19(25-5)10-9-17(18)12-16/h6-13H,14-15H2,1-5H3,(H,22,24)/p+1/b11-7+.